The number of carbonyl (C=O) groups excluding carboxylic acids is 1. The van der Waals surface area contributed by atoms with Crippen molar-refractivity contribution >= 4 is 11.6 Å². The number of hydrogen-bond acceptors (Lipinski definition) is 5. The molecule has 0 aromatic carbocycles. The molecule has 1 amide bonds. The highest BCUT2D eigenvalue weighted by atomic mass is 16.5. The van der Waals surface area contributed by atoms with Crippen molar-refractivity contribution in [1.82, 2.24) is 15.5 Å². The molecule has 0 unspecified atom stereocenters. The molecule has 0 spiro atoms. The fourth-order valence-corrected chi connectivity index (χ4v) is 1.49. The first-order valence-corrected chi connectivity index (χ1v) is 5.53. The number of aromatic nitrogens is 2. The number of aryl methyl sites for hydroxylation is 1. The van der Waals surface area contributed by atoms with Crippen LogP contribution < -0.4 is 10.6 Å². The van der Waals surface area contributed by atoms with E-state index < -0.39 is 0 Å². The lowest BCUT2D eigenvalue weighted by molar-refractivity contribution is 0.0958. The summed E-state index contributed by atoms with van der Waals surface area (Å²) in [6.07, 6.45) is 1.58. The number of nitrogens with zero attached hydrogens (tertiary/aromatic N) is 2. The first kappa shape index (κ1) is 12.1. The summed E-state index contributed by atoms with van der Waals surface area (Å²) in [7, 11) is 1.57. The number of anilines is 1. The molecule has 6 heteroatoms. The highest BCUT2D eigenvalue weighted by molar-refractivity contribution is 5.92. The van der Waals surface area contributed by atoms with E-state index in [1.807, 2.05) is 13.0 Å². The Hall–Kier alpha value is -2.37. The highest BCUT2D eigenvalue weighted by Gasteiger charge is 2.05. The van der Waals surface area contributed by atoms with E-state index in [1.54, 1.807) is 25.4 Å². The van der Waals surface area contributed by atoms with Gasteiger partial charge in [-0.3, -0.25) is 9.78 Å². The first-order valence-electron chi connectivity index (χ1n) is 5.53. The largest absolute Gasteiger partial charge is 0.379 e. The zero-order valence-corrected chi connectivity index (χ0v) is 10.2. The molecule has 2 aromatic heterocycles. The zero-order chi connectivity index (χ0) is 13.0. The number of carbonyl (C=O) groups is 1. The van der Waals surface area contributed by atoms with Gasteiger partial charge in [-0.15, -0.1) is 0 Å². The molecule has 0 saturated carbocycles. The van der Waals surface area contributed by atoms with E-state index in [4.69, 9.17) is 4.52 Å². The minimum absolute atomic E-state index is 0.212. The Morgan fingerprint density at radius 1 is 1.44 bits per heavy atom. The summed E-state index contributed by atoms with van der Waals surface area (Å²) < 4.78 is 4.97. The Bertz CT molecular complexity index is 551. The average molecular weight is 246 g/mol. The molecule has 6 nitrogen and oxygen atoms in total. The van der Waals surface area contributed by atoms with Crippen LogP contribution in [0.25, 0.3) is 0 Å². The normalized spacial score (nSPS) is 10.1. The first-order chi connectivity index (χ1) is 8.69. The van der Waals surface area contributed by atoms with Crippen LogP contribution in [0.4, 0.5) is 5.69 Å². The number of pyridine rings is 1. The maximum absolute atomic E-state index is 11.4. The molecule has 2 aromatic rings. The Kier molecular flexibility index (Phi) is 3.57. The van der Waals surface area contributed by atoms with Gasteiger partial charge < -0.3 is 15.2 Å². The van der Waals surface area contributed by atoms with Crippen molar-refractivity contribution in [2.45, 2.75) is 13.5 Å². The number of rotatable bonds is 4. The second kappa shape index (κ2) is 5.31. The van der Waals surface area contributed by atoms with Gasteiger partial charge in [0.25, 0.3) is 5.91 Å². The molecule has 2 N–H and O–H groups in total. The minimum Gasteiger partial charge on any atom is -0.379 e. The second-order valence-corrected chi connectivity index (χ2v) is 3.79. The van der Waals surface area contributed by atoms with Crippen molar-refractivity contribution in [1.29, 1.82) is 0 Å². The van der Waals surface area contributed by atoms with Gasteiger partial charge in [0.15, 0.2) is 0 Å². The molecule has 0 atom stereocenters. The molecular formula is C12H14N4O2. The summed E-state index contributed by atoms with van der Waals surface area (Å²) in [5.41, 5.74) is 1.99. The molecule has 0 aliphatic carbocycles. The van der Waals surface area contributed by atoms with Gasteiger partial charge in [0.05, 0.1) is 6.54 Å². The standard InChI is InChI=1S/C12H14N4O2/c1-8-5-10(16-18-8)7-15-9-3-4-14-11(6-9)12(17)13-2/h3-6H,7H2,1-2H3,(H,13,17)(H,14,15). The van der Waals surface area contributed by atoms with Gasteiger partial charge in [0.2, 0.25) is 0 Å². The topological polar surface area (TPSA) is 80.0 Å². The van der Waals surface area contributed by atoms with Crippen molar-refractivity contribution in [3.8, 4) is 0 Å². The summed E-state index contributed by atoms with van der Waals surface area (Å²) in [5.74, 6) is 0.559. The lowest BCUT2D eigenvalue weighted by Crippen LogP contribution is -2.19. The Morgan fingerprint density at radius 3 is 2.94 bits per heavy atom. The summed E-state index contributed by atoms with van der Waals surface area (Å²) >= 11 is 0. The zero-order valence-electron chi connectivity index (χ0n) is 10.2. The third kappa shape index (κ3) is 2.85. The van der Waals surface area contributed by atoms with Crippen molar-refractivity contribution in [2.75, 3.05) is 12.4 Å². The lowest BCUT2D eigenvalue weighted by Gasteiger charge is -2.05. The predicted octanol–water partition coefficient (Wildman–Crippen LogP) is 1.35. The van der Waals surface area contributed by atoms with Gasteiger partial charge in [-0.2, -0.15) is 0 Å². The monoisotopic (exact) mass is 246 g/mol. The fourth-order valence-electron chi connectivity index (χ4n) is 1.49. The van der Waals surface area contributed by atoms with Crippen LogP contribution in [0.15, 0.2) is 28.9 Å². The molecule has 0 radical (unpaired) electrons. The van der Waals surface area contributed by atoms with Gasteiger partial charge in [-0.1, -0.05) is 5.16 Å². The van der Waals surface area contributed by atoms with Crippen LogP contribution in [0.5, 0.6) is 0 Å². The van der Waals surface area contributed by atoms with Crippen LogP contribution in [-0.2, 0) is 6.54 Å². The van der Waals surface area contributed by atoms with Crippen LogP contribution in [0.2, 0.25) is 0 Å². The minimum atomic E-state index is -0.212. The molecule has 0 aliphatic heterocycles. The predicted molar refractivity (Wildman–Crippen MR) is 66.2 cm³/mol. The van der Waals surface area contributed by atoms with Gasteiger partial charge in [-0.25, -0.2) is 0 Å². The number of amides is 1. The smallest absolute Gasteiger partial charge is 0.269 e. The fraction of sp³-hybridized carbons (Fsp3) is 0.250. The van der Waals surface area contributed by atoms with Crippen LogP contribution in [0.1, 0.15) is 21.9 Å². The van der Waals surface area contributed by atoms with Crippen LogP contribution >= 0.6 is 0 Å². The van der Waals surface area contributed by atoms with E-state index in [0.29, 0.717) is 12.2 Å². The van der Waals surface area contributed by atoms with Crippen LogP contribution in [0.3, 0.4) is 0 Å². The van der Waals surface area contributed by atoms with Gasteiger partial charge in [-0.05, 0) is 19.1 Å². The molecule has 18 heavy (non-hydrogen) atoms. The van der Waals surface area contributed by atoms with E-state index in [9.17, 15) is 4.79 Å². The molecule has 2 rings (SSSR count). The lowest BCUT2D eigenvalue weighted by atomic mass is 10.3. The van der Waals surface area contributed by atoms with Crippen molar-refractivity contribution in [3.63, 3.8) is 0 Å². The Labute approximate surface area is 104 Å². The molecule has 0 saturated heterocycles. The van der Waals surface area contributed by atoms with Gasteiger partial charge in [0, 0.05) is 25.0 Å². The molecule has 94 valence electrons. The van der Waals surface area contributed by atoms with E-state index in [1.165, 1.54) is 0 Å². The van der Waals surface area contributed by atoms with Crippen molar-refractivity contribution in [2.24, 2.45) is 0 Å². The van der Waals surface area contributed by atoms with E-state index in [-0.39, 0.29) is 5.91 Å². The summed E-state index contributed by atoms with van der Waals surface area (Å²) in [6, 6.07) is 5.33. The average Bonchev–Trinajstić information content (AvgIpc) is 2.81. The third-order valence-electron chi connectivity index (χ3n) is 2.37. The van der Waals surface area contributed by atoms with Crippen molar-refractivity contribution < 1.29 is 9.32 Å². The summed E-state index contributed by atoms with van der Waals surface area (Å²) in [4.78, 5) is 15.4. The maximum atomic E-state index is 11.4. The molecule has 0 fully saturated rings. The summed E-state index contributed by atoms with van der Waals surface area (Å²) in [6.45, 7) is 2.38. The maximum Gasteiger partial charge on any atom is 0.269 e. The number of hydrogen-bond donors (Lipinski definition) is 2. The van der Waals surface area contributed by atoms with E-state index in [2.05, 4.69) is 20.8 Å². The summed E-state index contributed by atoms with van der Waals surface area (Å²) in [5, 5.41) is 9.55. The van der Waals surface area contributed by atoms with E-state index in [0.717, 1.165) is 17.1 Å². The quantitative estimate of drug-likeness (QED) is 0.851. The number of nitrogens with one attached hydrogen (secondary N) is 2. The SMILES string of the molecule is CNC(=O)c1cc(NCc2cc(C)on2)ccn1. The van der Waals surface area contributed by atoms with Gasteiger partial charge in [0.1, 0.15) is 17.1 Å². The molecule has 0 aliphatic rings. The third-order valence-corrected chi connectivity index (χ3v) is 2.37. The van der Waals surface area contributed by atoms with Crippen LogP contribution in [0, 0.1) is 6.92 Å². The van der Waals surface area contributed by atoms with Gasteiger partial charge >= 0.3 is 0 Å². The molecule has 0 bridgehead atoms. The Morgan fingerprint density at radius 2 is 2.28 bits per heavy atom. The van der Waals surface area contributed by atoms with Crippen molar-refractivity contribution in [3.05, 3.63) is 41.5 Å². The second-order valence-electron chi connectivity index (χ2n) is 3.79. The molecule has 2 heterocycles. The molecular weight excluding hydrogens is 232 g/mol. The van der Waals surface area contributed by atoms with E-state index >= 15 is 0 Å². The Balaban J connectivity index is 2.03. The highest BCUT2D eigenvalue weighted by Crippen LogP contribution is 2.10. The van der Waals surface area contributed by atoms with Crippen LogP contribution in [-0.4, -0.2) is 23.1 Å².